The molecule has 0 atom stereocenters. The number of anilines is 3. The molecule has 0 aliphatic heterocycles. The second kappa shape index (κ2) is 8.14. The number of rotatable bonds is 6. The zero-order chi connectivity index (χ0) is 19.4. The highest BCUT2D eigenvalue weighted by Crippen LogP contribution is 2.33. The molecule has 1 heterocycles. The Bertz CT molecular complexity index is 922. The molecule has 0 bridgehead atoms. The third-order valence-corrected chi connectivity index (χ3v) is 4.50. The van der Waals surface area contributed by atoms with E-state index in [4.69, 9.17) is 26.8 Å². The van der Waals surface area contributed by atoms with Crippen molar-refractivity contribution in [2.75, 3.05) is 17.7 Å². The average Bonchev–Trinajstić information content (AvgIpc) is 2.65. The minimum atomic E-state index is 0.277. The number of hydrogen-bond acceptors (Lipinski definition) is 6. The summed E-state index contributed by atoms with van der Waals surface area (Å²) in [5.41, 5.74) is 9.19. The highest BCUT2D eigenvalue weighted by Gasteiger charge is 2.12. The quantitative estimate of drug-likeness (QED) is 0.602. The van der Waals surface area contributed by atoms with Crippen molar-refractivity contribution in [2.24, 2.45) is 0 Å². The van der Waals surface area contributed by atoms with Gasteiger partial charge in [0.25, 0.3) is 0 Å². The molecule has 0 amide bonds. The van der Waals surface area contributed by atoms with E-state index in [1.807, 2.05) is 57.2 Å². The van der Waals surface area contributed by atoms with Crippen molar-refractivity contribution < 1.29 is 9.47 Å². The van der Waals surface area contributed by atoms with E-state index in [2.05, 4.69) is 15.3 Å². The number of nitrogens with two attached hydrogens (primary N) is 1. The Kier molecular flexibility index (Phi) is 5.66. The Morgan fingerprint density at radius 1 is 1.04 bits per heavy atom. The first-order valence-corrected chi connectivity index (χ1v) is 8.90. The predicted molar refractivity (Wildman–Crippen MR) is 108 cm³/mol. The predicted octanol–water partition coefficient (Wildman–Crippen LogP) is 5.26. The first-order valence-electron chi connectivity index (χ1n) is 8.53. The van der Waals surface area contributed by atoms with Crippen LogP contribution in [0, 0.1) is 13.8 Å². The maximum absolute atomic E-state index is 6.21. The molecule has 7 heteroatoms. The number of ether oxygens (including phenoxy) is 2. The van der Waals surface area contributed by atoms with Gasteiger partial charge in [0.05, 0.1) is 6.61 Å². The third-order valence-electron chi connectivity index (χ3n) is 3.90. The second-order valence-electron chi connectivity index (χ2n) is 6.00. The summed E-state index contributed by atoms with van der Waals surface area (Å²) >= 11 is 6.21. The molecule has 0 aliphatic rings. The first-order chi connectivity index (χ1) is 13.0. The van der Waals surface area contributed by atoms with Crippen LogP contribution in [-0.2, 0) is 0 Å². The highest BCUT2D eigenvalue weighted by atomic mass is 35.5. The van der Waals surface area contributed by atoms with Crippen LogP contribution in [0.1, 0.15) is 18.1 Å². The Hall–Kier alpha value is -2.99. The lowest BCUT2D eigenvalue weighted by Crippen LogP contribution is -2.03. The van der Waals surface area contributed by atoms with Crippen LogP contribution in [0.15, 0.2) is 42.7 Å². The third kappa shape index (κ3) is 4.41. The van der Waals surface area contributed by atoms with Crippen LogP contribution in [-0.4, -0.2) is 16.6 Å². The van der Waals surface area contributed by atoms with Gasteiger partial charge in [0, 0.05) is 10.7 Å². The molecular weight excluding hydrogens is 364 g/mol. The Labute approximate surface area is 163 Å². The van der Waals surface area contributed by atoms with Gasteiger partial charge in [-0.05, 0) is 68.3 Å². The highest BCUT2D eigenvalue weighted by molar-refractivity contribution is 6.32. The summed E-state index contributed by atoms with van der Waals surface area (Å²) < 4.78 is 11.3. The van der Waals surface area contributed by atoms with E-state index in [0.717, 1.165) is 27.6 Å². The van der Waals surface area contributed by atoms with Gasteiger partial charge in [-0.25, -0.2) is 4.98 Å². The summed E-state index contributed by atoms with van der Waals surface area (Å²) in [6.07, 6.45) is 1.40. The number of hydrogen-bond donors (Lipinski definition) is 2. The van der Waals surface area contributed by atoms with Crippen LogP contribution in [0.25, 0.3) is 0 Å². The van der Waals surface area contributed by atoms with Crippen LogP contribution in [0.2, 0.25) is 5.02 Å². The Morgan fingerprint density at radius 2 is 1.70 bits per heavy atom. The molecule has 0 aliphatic carbocycles. The zero-order valence-electron chi connectivity index (χ0n) is 15.4. The van der Waals surface area contributed by atoms with E-state index in [0.29, 0.717) is 23.9 Å². The minimum absolute atomic E-state index is 0.277. The first kappa shape index (κ1) is 18.8. The smallest absolute Gasteiger partial charge is 0.248 e. The fourth-order valence-electron chi connectivity index (χ4n) is 2.57. The largest absolute Gasteiger partial charge is 0.494 e. The van der Waals surface area contributed by atoms with Gasteiger partial charge in [0.2, 0.25) is 5.88 Å². The Morgan fingerprint density at radius 3 is 2.33 bits per heavy atom. The molecule has 0 saturated carbocycles. The minimum Gasteiger partial charge on any atom is -0.494 e. The van der Waals surface area contributed by atoms with Gasteiger partial charge in [-0.2, -0.15) is 4.98 Å². The van der Waals surface area contributed by atoms with Crippen LogP contribution < -0.4 is 20.5 Å². The molecule has 27 heavy (non-hydrogen) atoms. The molecule has 2 aromatic carbocycles. The van der Waals surface area contributed by atoms with Crippen molar-refractivity contribution in [3.05, 3.63) is 58.9 Å². The number of aryl methyl sites for hydroxylation is 2. The van der Waals surface area contributed by atoms with Gasteiger partial charge in [-0.1, -0.05) is 11.6 Å². The summed E-state index contributed by atoms with van der Waals surface area (Å²) in [5, 5.41) is 3.89. The molecule has 0 saturated heterocycles. The van der Waals surface area contributed by atoms with Crippen LogP contribution in [0.4, 0.5) is 17.2 Å². The summed E-state index contributed by atoms with van der Waals surface area (Å²) in [7, 11) is 0. The molecule has 140 valence electrons. The lowest BCUT2D eigenvalue weighted by Gasteiger charge is -2.13. The number of aromatic nitrogens is 2. The lowest BCUT2D eigenvalue weighted by atomic mass is 10.1. The molecule has 0 fully saturated rings. The van der Waals surface area contributed by atoms with Crippen molar-refractivity contribution in [3.63, 3.8) is 0 Å². The number of nitrogens with one attached hydrogen (secondary N) is 1. The number of benzene rings is 2. The topological polar surface area (TPSA) is 82.3 Å². The monoisotopic (exact) mass is 384 g/mol. The number of halogens is 1. The lowest BCUT2D eigenvalue weighted by molar-refractivity contribution is 0.340. The van der Waals surface area contributed by atoms with Crippen molar-refractivity contribution in [1.82, 2.24) is 9.97 Å². The SMILES string of the molecule is CCOc1ccc(Nc2ncnc(Oc3cc(C)c(Cl)c(C)c3)c2N)cc1. The number of nitrogen functional groups attached to an aromatic ring is 1. The van der Waals surface area contributed by atoms with Crippen molar-refractivity contribution in [2.45, 2.75) is 20.8 Å². The summed E-state index contributed by atoms with van der Waals surface area (Å²) in [6.45, 7) is 6.41. The fourth-order valence-corrected chi connectivity index (χ4v) is 2.68. The van der Waals surface area contributed by atoms with Gasteiger partial charge < -0.3 is 20.5 Å². The molecule has 0 spiro atoms. The van der Waals surface area contributed by atoms with Crippen molar-refractivity contribution >= 4 is 28.8 Å². The van der Waals surface area contributed by atoms with Gasteiger partial charge in [-0.3, -0.25) is 0 Å². The van der Waals surface area contributed by atoms with Gasteiger partial charge in [0.15, 0.2) is 5.82 Å². The van der Waals surface area contributed by atoms with E-state index in [1.165, 1.54) is 6.33 Å². The second-order valence-corrected chi connectivity index (χ2v) is 6.37. The van der Waals surface area contributed by atoms with Crippen LogP contribution in [0.3, 0.4) is 0 Å². The fraction of sp³-hybridized carbons (Fsp3) is 0.200. The van der Waals surface area contributed by atoms with Gasteiger partial charge >= 0.3 is 0 Å². The molecule has 3 rings (SSSR count). The normalized spacial score (nSPS) is 10.5. The standard InChI is InChI=1S/C20H21ClN4O2/c1-4-26-15-7-5-14(6-8-15)25-19-18(22)20(24-11-23-19)27-16-9-12(2)17(21)13(3)10-16/h5-11H,4,22H2,1-3H3,(H,23,24,25). The molecular formula is C20H21ClN4O2. The number of nitrogens with zero attached hydrogens (tertiary/aromatic N) is 2. The van der Waals surface area contributed by atoms with Gasteiger partial charge in [-0.15, -0.1) is 0 Å². The summed E-state index contributed by atoms with van der Waals surface area (Å²) in [6, 6.07) is 11.2. The zero-order valence-corrected chi connectivity index (χ0v) is 16.2. The van der Waals surface area contributed by atoms with E-state index in [9.17, 15) is 0 Å². The van der Waals surface area contributed by atoms with Crippen LogP contribution >= 0.6 is 11.6 Å². The summed E-state index contributed by atoms with van der Waals surface area (Å²) in [5.74, 6) is 2.16. The van der Waals surface area contributed by atoms with Crippen LogP contribution in [0.5, 0.6) is 17.4 Å². The molecule has 3 aromatic rings. The van der Waals surface area contributed by atoms with Crippen molar-refractivity contribution in [3.8, 4) is 17.4 Å². The van der Waals surface area contributed by atoms with E-state index >= 15 is 0 Å². The van der Waals surface area contributed by atoms with E-state index < -0.39 is 0 Å². The molecule has 6 nitrogen and oxygen atoms in total. The Balaban J connectivity index is 1.81. The maximum atomic E-state index is 6.21. The average molecular weight is 385 g/mol. The van der Waals surface area contributed by atoms with E-state index in [1.54, 1.807) is 0 Å². The van der Waals surface area contributed by atoms with E-state index in [-0.39, 0.29) is 5.88 Å². The molecule has 3 N–H and O–H groups in total. The van der Waals surface area contributed by atoms with Gasteiger partial charge in [0.1, 0.15) is 23.5 Å². The maximum Gasteiger partial charge on any atom is 0.248 e. The molecule has 0 unspecified atom stereocenters. The molecule has 0 radical (unpaired) electrons. The summed E-state index contributed by atoms with van der Waals surface area (Å²) in [4.78, 5) is 8.35. The molecule has 1 aromatic heterocycles. The van der Waals surface area contributed by atoms with Crippen molar-refractivity contribution in [1.29, 1.82) is 0 Å².